The molecule has 0 atom stereocenters. The Labute approximate surface area is 168 Å². The largest absolute Gasteiger partial charge is 0.370 e. The number of carbonyl (C=O) groups is 1. The molecule has 1 amide bonds. The molecule has 0 aliphatic carbocycles. The first-order valence-corrected chi connectivity index (χ1v) is 10.2. The highest BCUT2D eigenvalue weighted by atomic mass is 16.2. The van der Waals surface area contributed by atoms with Gasteiger partial charge in [0.05, 0.1) is 18.1 Å². The lowest BCUT2D eigenvalue weighted by molar-refractivity contribution is -0.130. The van der Waals surface area contributed by atoms with Crippen LogP contribution in [0.15, 0.2) is 48.5 Å². The molecule has 1 aliphatic heterocycles. The van der Waals surface area contributed by atoms with Crippen LogP contribution in [-0.2, 0) is 17.6 Å². The summed E-state index contributed by atoms with van der Waals surface area (Å²) in [5.74, 6) is 0.849. The van der Waals surface area contributed by atoms with Crippen molar-refractivity contribution in [1.82, 2.24) is 4.90 Å². The molecule has 0 radical (unpaired) electrons. The van der Waals surface area contributed by atoms with Crippen LogP contribution in [0.1, 0.15) is 37.0 Å². The van der Waals surface area contributed by atoms with E-state index in [2.05, 4.69) is 49.1 Å². The van der Waals surface area contributed by atoms with Gasteiger partial charge in [-0.25, -0.2) is 0 Å². The third kappa shape index (κ3) is 5.36. The highest BCUT2D eigenvalue weighted by Gasteiger charge is 2.19. The fraction of sp³-hybridized carbons (Fsp3) is 0.417. The maximum atomic E-state index is 12.8. The van der Waals surface area contributed by atoms with Gasteiger partial charge in [0, 0.05) is 31.9 Å². The van der Waals surface area contributed by atoms with E-state index in [1.807, 2.05) is 29.2 Å². The molecular weight excluding hydrogens is 346 g/mol. The molecule has 2 aromatic rings. The van der Waals surface area contributed by atoms with Gasteiger partial charge in [-0.2, -0.15) is 5.26 Å². The molecule has 146 valence electrons. The Morgan fingerprint density at radius 3 is 2.29 bits per heavy atom. The highest BCUT2D eigenvalue weighted by Crippen LogP contribution is 2.18. The van der Waals surface area contributed by atoms with E-state index in [1.54, 1.807) is 0 Å². The van der Waals surface area contributed by atoms with Crippen molar-refractivity contribution in [2.45, 2.75) is 33.1 Å². The van der Waals surface area contributed by atoms with Crippen molar-refractivity contribution in [2.75, 3.05) is 31.1 Å². The summed E-state index contributed by atoms with van der Waals surface area (Å²) in [7, 11) is 0. The lowest BCUT2D eigenvalue weighted by atomic mass is 10.0. The van der Waals surface area contributed by atoms with Crippen LogP contribution in [0.5, 0.6) is 0 Å². The molecule has 0 bridgehead atoms. The molecule has 1 fully saturated rings. The lowest BCUT2D eigenvalue weighted by Crippen LogP contribution is -2.36. The fourth-order valence-corrected chi connectivity index (χ4v) is 3.72. The molecule has 0 N–H and O–H groups in total. The van der Waals surface area contributed by atoms with E-state index in [0.29, 0.717) is 17.9 Å². The highest BCUT2D eigenvalue weighted by molar-refractivity contribution is 5.79. The van der Waals surface area contributed by atoms with E-state index < -0.39 is 0 Å². The summed E-state index contributed by atoms with van der Waals surface area (Å²) in [6, 6.07) is 18.3. The van der Waals surface area contributed by atoms with Gasteiger partial charge in [-0.15, -0.1) is 0 Å². The van der Waals surface area contributed by atoms with Crippen molar-refractivity contribution in [3.8, 4) is 6.07 Å². The summed E-state index contributed by atoms with van der Waals surface area (Å²) < 4.78 is 0. The van der Waals surface area contributed by atoms with Gasteiger partial charge in [0.1, 0.15) is 0 Å². The number of hydrogen-bond donors (Lipinski definition) is 0. The van der Waals surface area contributed by atoms with Crippen LogP contribution < -0.4 is 4.90 Å². The molecule has 0 aromatic heterocycles. The lowest BCUT2D eigenvalue weighted by Gasteiger charge is -2.24. The van der Waals surface area contributed by atoms with Crippen molar-refractivity contribution in [3.63, 3.8) is 0 Å². The monoisotopic (exact) mass is 375 g/mol. The molecule has 2 aromatic carbocycles. The summed E-state index contributed by atoms with van der Waals surface area (Å²) in [6.07, 6.45) is 2.50. The average Bonchev–Trinajstić information content (AvgIpc) is 2.95. The zero-order valence-corrected chi connectivity index (χ0v) is 16.9. The second-order valence-electron chi connectivity index (χ2n) is 7.97. The van der Waals surface area contributed by atoms with Crippen LogP contribution in [0.2, 0.25) is 0 Å². The van der Waals surface area contributed by atoms with Crippen LogP contribution in [0.25, 0.3) is 0 Å². The number of rotatable bonds is 5. The van der Waals surface area contributed by atoms with E-state index >= 15 is 0 Å². The summed E-state index contributed by atoms with van der Waals surface area (Å²) in [5.41, 5.74) is 4.22. The van der Waals surface area contributed by atoms with Crippen LogP contribution in [0.3, 0.4) is 0 Å². The number of nitriles is 1. The van der Waals surface area contributed by atoms with Gasteiger partial charge in [-0.1, -0.05) is 38.1 Å². The number of nitrogens with zero attached hydrogens (tertiary/aromatic N) is 3. The number of anilines is 1. The van der Waals surface area contributed by atoms with E-state index in [9.17, 15) is 4.79 Å². The van der Waals surface area contributed by atoms with Crippen LogP contribution >= 0.6 is 0 Å². The third-order valence-corrected chi connectivity index (χ3v) is 5.23. The van der Waals surface area contributed by atoms with E-state index in [1.165, 1.54) is 5.56 Å². The zero-order chi connectivity index (χ0) is 19.9. The summed E-state index contributed by atoms with van der Waals surface area (Å²) >= 11 is 0. The molecule has 1 saturated heterocycles. The van der Waals surface area contributed by atoms with Crippen LogP contribution in [-0.4, -0.2) is 37.0 Å². The third-order valence-electron chi connectivity index (χ3n) is 5.23. The Kier molecular flexibility index (Phi) is 6.71. The topological polar surface area (TPSA) is 47.3 Å². The van der Waals surface area contributed by atoms with Gasteiger partial charge in [-0.05, 0) is 54.2 Å². The molecule has 1 heterocycles. The van der Waals surface area contributed by atoms with Crippen molar-refractivity contribution in [3.05, 3.63) is 65.2 Å². The first-order valence-electron chi connectivity index (χ1n) is 10.2. The smallest absolute Gasteiger partial charge is 0.227 e. The molecule has 1 aliphatic rings. The normalized spacial score (nSPS) is 14.6. The minimum absolute atomic E-state index is 0.207. The standard InChI is InChI=1S/C24H29N3O/c1-19(2)16-20-4-6-21(7-5-20)17-24(28)27-13-3-12-26(14-15-27)23-10-8-22(18-25)9-11-23/h4-11,19H,3,12-17H2,1-2H3. The van der Waals surface area contributed by atoms with Crippen molar-refractivity contribution in [2.24, 2.45) is 5.92 Å². The summed E-state index contributed by atoms with van der Waals surface area (Å²) in [6.45, 7) is 7.74. The Bertz CT molecular complexity index is 818. The number of amides is 1. The van der Waals surface area contributed by atoms with Gasteiger partial charge in [0.25, 0.3) is 0 Å². The second kappa shape index (κ2) is 9.41. The Balaban J connectivity index is 1.55. The fourth-order valence-electron chi connectivity index (χ4n) is 3.72. The molecular formula is C24H29N3O. The van der Waals surface area contributed by atoms with Gasteiger partial charge in [0.2, 0.25) is 5.91 Å². The van der Waals surface area contributed by atoms with Crippen molar-refractivity contribution < 1.29 is 4.79 Å². The van der Waals surface area contributed by atoms with Crippen LogP contribution in [0.4, 0.5) is 5.69 Å². The Morgan fingerprint density at radius 1 is 0.964 bits per heavy atom. The van der Waals surface area contributed by atoms with E-state index in [4.69, 9.17) is 5.26 Å². The van der Waals surface area contributed by atoms with Crippen LogP contribution in [0, 0.1) is 17.2 Å². The first-order chi connectivity index (χ1) is 13.5. The minimum Gasteiger partial charge on any atom is -0.370 e. The summed E-state index contributed by atoms with van der Waals surface area (Å²) in [5, 5.41) is 8.95. The zero-order valence-electron chi connectivity index (χ0n) is 16.9. The number of benzene rings is 2. The molecule has 4 nitrogen and oxygen atoms in total. The predicted molar refractivity (Wildman–Crippen MR) is 113 cm³/mol. The Morgan fingerprint density at radius 2 is 1.64 bits per heavy atom. The van der Waals surface area contributed by atoms with Gasteiger partial charge < -0.3 is 9.80 Å². The molecule has 28 heavy (non-hydrogen) atoms. The number of hydrogen-bond acceptors (Lipinski definition) is 3. The molecule has 3 rings (SSSR count). The quantitative estimate of drug-likeness (QED) is 0.792. The first kappa shape index (κ1) is 19.9. The van der Waals surface area contributed by atoms with Crippen molar-refractivity contribution in [1.29, 1.82) is 5.26 Å². The molecule has 0 spiro atoms. The number of carbonyl (C=O) groups excluding carboxylic acids is 1. The molecule has 0 unspecified atom stereocenters. The maximum absolute atomic E-state index is 12.8. The average molecular weight is 376 g/mol. The van der Waals surface area contributed by atoms with Gasteiger partial charge in [-0.3, -0.25) is 4.79 Å². The minimum atomic E-state index is 0.207. The van der Waals surface area contributed by atoms with E-state index in [-0.39, 0.29) is 5.91 Å². The maximum Gasteiger partial charge on any atom is 0.227 e. The van der Waals surface area contributed by atoms with E-state index in [0.717, 1.165) is 50.3 Å². The molecule has 0 saturated carbocycles. The van der Waals surface area contributed by atoms with Gasteiger partial charge in [0.15, 0.2) is 0 Å². The SMILES string of the molecule is CC(C)Cc1ccc(CC(=O)N2CCCN(c3ccc(C#N)cc3)CC2)cc1. The van der Waals surface area contributed by atoms with Gasteiger partial charge >= 0.3 is 0 Å². The molecule has 4 heteroatoms. The predicted octanol–water partition coefficient (Wildman–Crippen LogP) is 4.04. The summed E-state index contributed by atoms with van der Waals surface area (Å²) in [4.78, 5) is 17.1. The Hall–Kier alpha value is -2.80. The second-order valence-corrected chi connectivity index (χ2v) is 7.97. The van der Waals surface area contributed by atoms with Crippen molar-refractivity contribution >= 4 is 11.6 Å².